The monoisotopic (exact) mass is 516 g/mol. The number of amides is 1. The number of hydrogen-bond donors (Lipinski definition) is 3. The van der Waals surface area contributed by atoms with Crippen molar-refractivity contribution in [2.45, 2.75) is 58.4 Å². The molecule has 0 fully saturated rings. The van der Waals surface area contributed by atoms with Crippen molar-refractivity contribution < 1.29 is 19.4 Å². The zero-order valence-corrected chi connectivity index (χ0v) is 22.9. The third-order valence-corrected chi connectivity index (χ3v) is 6.33. The van der Waals surface area contributed by atoms with Crippen molar-refractivity contribution in [3.63, 3.8) is 0 Å². The zero-order chi connectivity index (χ0) is 27.5. The largest absolute Gasteiger partial charge is 0.481 e. The smallest absolute Gasteiger partial charge is 0.305 e. The third kappa shape index (κ3) is 9.03. The summed E-state index contributed by atoms with van der Waals surface area (Å²) in [5.74, 6) is -1.22. The lowest BCUT2D eigenvalue weighted by atomic mass is 9.86. The van der Waals surface area contributed by atoms with Crippen LogP contribution in [0.3, 0.4) is 0 Å². The second kappa shape index (κ2) is 13.8. The highest BCUT2D eigenvalue weighted by Gasteiger charge is 2.14. The highest BCUT2D eigenvalue weighted by atomic mass is 16.5. The van der Waals surface area contributed by atoms with Crippen LogP contribution in [-0.4, -0.2) is 42.8 Å². The summed E-state index contributed by atoms with van der Waals surface area (Å²) in [6, 6.07) is 24.7. The maximum absolute atomic E-state index is 12.2. The molecule has 3 aromatic carbocycles. The van der Waals surface area contributed by atoms with Gasteiger partial charge in [0, 0.05) is 24.4 Å². The van der Waals surface area contributed by atoms with E-state index in [-0.39, 0.29) is 30.3 Å². The quantitative estimate of drug-likeness (QED) is 0.232. The van der Waals surface area contributed by atoms with Crippen LogP contribution in [0.1, 0.15) is 62.0 Å². The summed E-state index contributed by atoms with van der Waals surface area (Å²) < 4.78 is 5.87. The van der Waals surface area contributed by atoms with Gasteiger partial charge in [-0.05, 0) is 64.8 Å². The van der Waals surface area contributed by atoms with Gasteiger partial charge in [0.15, 0.2) is 0 Å². The number of anilines is 1. The highest BCUT2D eigenvalue weighted by molar-refractivity contribution is 5.94. The lowest BCUT2D eigenvalue weighted by Crippen LogP contribution is -2.28. The molecule has 0 heterocycles. The zero-order valence-electron chi connectivity index (χ0n) is 22.9. The van der Waals surface area contributed by atoms with Gasteiger partial charge in [0.2, 0.25) is 0 Å². The summed E-state index contributed by atoms with van der Waals surface area (Å²) in [4.78, 5) is 22.9. The van der Waals surface area contributed by atoms with E-state index in [2.05, 4.69) is 86.9 Å². The Balaban J connectivity index is 1.64. The number of carboxylic acid groups (broad SMARTS) is 1. The molecular weight excluding hydrogens is 476 g/mol. The number of ether oxygens (including phenoxy) is 1. The minimum atomic E-state index is -0.939. The van der Waals surface area contributed by atoms with Crippen molar-refractivity contribution in [2.75, 3.05) is 25.1 Å². The first-order valence-electron chi connectivity index (χ1n) is 13.3. The molecule has 0 aliphatic heterocycles. The average Bonchev–Trinajstić information content (AvgIpc) is 2.89. The number of hydrogen-bond acceptors (Lipinski definition) is 4. The van der Waals surface area contributed by atoms with Gasteiger partial charge < -0.3 is 20.5 Å². The first-order chi connectivity index (χ1) is 18.2. The van der Waals surface area contributed by atoms with Crippen molar-refractivity contribution in [1.29, 1.82) is 0 Å². The van der Waals surface area contributed by atoms with E-state index in [1.165, 1.54) is 22.3 Å². The van der Waals surface area contributed by atoms with E-state index < -0.39 is 5.97 Å². The summed E-state index contributed by atoms with van der Waals surface area (Å²) >= 11 is 0. The first-order valence-corrected chi connectivity index (χ1v) is 13.3. The molecule has 0 saturated carbocycles. The number of rotatable bonds is 13. The molecule has 1 unspecified atom stereocenters. The van der Waals surface area contributed by atoms with Gasteiger partial charge in [-0.2, -0.15) is 0 Å². The molecule has 1 amide bonds. The Morgan fingerprint density at radius 1 is 0.895 bits per heavy atom. The maximum atomic E-state index is 12.2. The highest BCUT2D eigenvalue weighted by Crippen LogP contribution is 2.26. The maximum Gasteiger partial charge on any atom is 0.305 e. The van der Waals surface area contributed by atoms with Crippen molar-refractivity contribution in [3.8, 4) is 11.1 Å². The molecule has 0 radical (unpaired) electrons. The molecule has 0 saturated heterocycles. The van der Waals surface area contributed by atoms with Crippen LogP contribution in [0.15, 0.2) is 72.8 Å². The minimum Gasteiger partial charge on any atom is -0.481 e. The van der Waals surface area contributed by atoms with Gasteiger partial charge in [0.1, 0.15) is 0 Å². The minimum absolute atomic E-state index is 0.0636. The van der Waals surface area contributed by atoms with Crippen molar-refractivity contribution in [3.05, 3.63) is 89.5 Å². The molecule has 3 rings (SSSR count). The summed E-state index contributed by atoms with van der Waals surface area (Å²) in [5, 5.41) is 14.9. The fourth-order valence-corrected chi connectivity index (χ4v) is 4.14. The van der Waals surface area contributed by atoms with Crippen LogP contribution in [0, 0.1) is 0 Å². The van der Waals surface area contributed by atoms with Crippen LogP contribution in [-0.2, 0) is 21.4 Å². The Labute approximate surface area is 226 Å². The average molecular weight is 517 g/mol. The number of carboxylic acids is 1. The Morgan fingerprint density at radius 2 is 1.50 bits per heavy atom. The molecule has 0 spiro atoms. The van der Waals surface area contributed by atoms with E-state index in [4.69, 9.17) is 9.84 Å². The summed E-state index contributed by atoms with van der Waals surface area (Å²) in [6.45, 7) is 10.1. The topological polar surface area (TPSA) is 87.7 Å². The fourth-order valence-electron chi connectivity index (χ4n) is 4.14. The van der Waals surface area contributed by atoms with E-state index in [0.717, 1.165) is 18.5 Å². The molecule has 3 aromatic rings. The van der Waals surface area contributed by atoms with Crippen LogP contribution < -0.4 is 10.6 Å². The molecule has 0 bridgehead atoms. The molecule has 1 atom stereocenters. The van der Waals surface area contributed by atoms with Crippen LogP contribution in [0.4, 0.5) is 5.69 Å². The lowest BCUT2D eigenvalue weighted by Gasteiger charge is -2.21. The van der Waals surface area contributed by atoms with Gasteiger partial charge in [-0.25, -0.2) is 0 Å². The first kappa shape index (κ1) is 28.9. The van der Waals surface area contributed by atoms with Gasteiger partial charge in [-0.15, -0.1) is 0 Å². The van der Waals surface area contributed by atoms with Gasteiger partial charge >= 0.3 is 5.97 Å². The molecule has 0 aliphatic carbocycles. The molecule has 6 nitrogen and oxygen atoms in total. The second-order valence-electron chi connectivity index (χ2n) is 10.6. The van der Waals surface area contributed by atoms with Crippen LogP contribution in [0.25, 0.3) is 11.1 Å². The molecular formula is C32H40N2O4. The van der Waals surface area contributed by atoms with Gasteiger partial charge in [0.25, 0.3) is 5.91 Å². The Bertz CT molecular complexity index is 1160. The van der Waals surface area contributed by atoms with Crippen LogP contribution in [0.2, 0.25) is 0 Å². The van der Waals surface area contributed by atoms with Crippen LogP contribution in [0.5, 0.6) is 0 Å². The number of benzene rings is 3. The Hall–Kier alpha value is -3.64. The molecule has 202 valence electrons. The summed E-state index contributed by atoms with van der Waals surface area (Å²) in [5.41, 5.74) is 6.46. The van der Waals surface area contributed by atoms with Crippen molar-refractivity contribution in [1.82, 2.24) is 5.32 Å². The number of aliphatic carboxylic acids is 1. The van der Waals surface area contributed by atoms with Crippen LogP contribution >= 0.6 is 0 Å². The molecule has 38 heavy (non-hydrogen) atoms. The SMILES string of the molecule is CCCOCC(Cc1ccc(-c2ccc(C(C)(C)C)cc2)cc1)Nc1ccc(C(=O)NCCC(=O)O)cc1. The van der Waals surface area contributed by atoms with E-state index in [1.807, 2.05) is 12.1 Å². The summed E-state index contributed by atoms with van der Waals surface area (Å²) in [6.07, 6.45) is 1.65. The standard InChI is InChI=1S/C32H40N2O4/c1-5-20-38-22-29(34-28-16-12-26(13-17-28)31(37)33-19-18-30(35)36)21-23-6-8-24(9-7-23)25-10-14-27(15-11-25)32(2,3)4/h6-17,29,34H,5,18-22H2,1-4H3,(H,33,37)(H,35,36). The normalized spacial score (nSPS) is 12.1. The van der Waals surface area contributed by atoms with E-state index >= 15 is 0 Å². The van der Waals surface area contributed by atoms with Crippen molar-refractivity contribution >= 4 is 17.6 Å². The predicted octanol–water partition coefficient (Wildman–Crippen LogP) is 6.31. The molecule has 0 aromatic heterocycles. The lowest BCUT2D eigenvalue weighted by molar-refractivity contribution is -0.136. The van der Waals surface area contributed by atoms with E-state index in [0.29, 0.717) is 18.8 Å². The number of carbonyl (C=O) groups is 2. The third-order valence-electron chi connectivity index (χ3n) is 6.33. The van der Waals surface area contributed by atoms with E-state index in [1.54, 1.807) is 12.1 Å². The number of carbonyl (C=O) groups excluding carboxylic acids is 1. The number of nitrogens with one attached hydrogen (secondary N) is 2. The predicted molar refractivity (Wildman–Crippen MR) is 154 cm³/mol. The van der Waals surface area contributed by atoms with Crippen molar-refractivity contribution in [2.24, 2.45) is 0 Å². The second-order valence-corrected chi connectivity index (χ2v) is 10.6. The molecule has 6 heteroatoms. The Morgan fingerprint density at radius 3 is 2.05 bits per heavy atom. The molecule has 0 aliphatic rings. The Kier molecular flexibility index (Phi) is 10.5. The van der Waals surface area contributed by atoms with Gasteiger partial charge in [-0.3, -0.25) is 9.59 Å². The summed E-state index contributed by atoms with van der Waals surface area (Å²) in [7, 11) is 0. The van der Waals surface area contributed by atoms with Gasteiger partial charge in [0.05, 0.1) is 19.1 Å². The van der Waals surface area contributed by atoms with E-state index in [9.17, 15) is 9.59 Å². The molecule has 3 N–H and O–H groups in total. The fraction of sp³-hybridized carbons (Fsp3) is 0.375. The van der Waals surface area contributed by atoms with Gasteiger partial charge in [-0.1, -0.05) is 76.2 Å².